The van der Waals surface area contributed by atoms with Gasteiger partial charge in [-0.05, 0) is 47.2 Å². The molecule has 0 bridgehead atoms. The Morgan fingerprint density at radius 3 is 1.60 bits per heavy atom. The molecule has 2 aromatic rings. The largest absolute Gasteiger partial charge is 0.481 e. The Morgan fingerprint density at radius 2 is 1.27 bits per heavy atom. The van der Waals surface area contributed by atoms with E-state index >= 15 is 0 Å². The second kappa shape index (κ2) is 9.25. The van der Waals surface area contributed by atoms with Crippen molar-refractivity contribution in [2.75, 3.05) is 0 Å². The maximum Gasteiger partial charge on any atom is 0.307 e. The zero-order valence-corrected chi connectivity index (χ0v) is 15.7. The van der Waals surface area contributed by atoms with Crippen LogP contribution in [-0.4, -0.2) is 16.9 Å². The smallest absolute Gasteiger partial charge is 0.307 e. The molecule has 0 aromatic heterocycles. The van der Waals surface area contributed by atoms with Crippen LogP contribution in [0.25, 0.3) is 33.0 Å². The molecule has 0 spiro atoms. The monoisotopic (exact) mass is 400 g/mol. The predicted molar refractivity (Wildman–Crippen MR) is 112 cm³/mol. The first-order valence-electron chi connectivity index (χ1n) is 8.99. The minimum atomic E-state index is -0.961. The molecular weight excluding hydrogens is 384 g/mol. The van der Waals surface area contributed by atoms with Crippen LogP contribution in [0.4, 0.5) is 11.4 Å². The molecule has 3 rings (SSSR count). The molecule has 0 unspecified atom stereocenters. The molecule has 1 aliphatic carbocycles. The highest BCUT2D eigenvalue weighted by Crippen LogP contribution is 2.33. The number of nitrogens with zero attached hydrogens (tertiary/aromatic N) is 6. The van der Waals surface area contributed by atoms with Gasteiger partial charge in [0.25, 0.3) is 0 Å². The standard InChI is InChI=1S/C21H16N6O3/c22-26-24-18-5-1-13(2-6-18)9-15-11-17(21(29)30)12-16(20(15)28)10-14-3-7-19(8-4-14)25-27-23/h1-10,17H,11-12H2,(H,29,30). The van der Waals surface area contributed by atoms with E-state index in [2.05, 4.69) is 20.1 Å². The van der Waals surface area contributed by atoms with Crippen LogP contribution in [0.2, 0.25) is 0 Å². The second-order valence-electron chi connectivity index (χ2n) is 6.67. The number of carboxylic acid groups (broad SMARTS) is 1. The Labute approximate surface area is 171 Å². The number of rotatable bonds is 5. The van der Waals surface area contributed by atoms with E-state index in [9.17, 15) is 14.7 Å². The molecule has 30 heavy (non-hydrogen) atoms. The zero-order valence-electron chi connectivity index (χ0n) is 15.7. The van der Waals surface area contributed by atoms with Gasteiger partial charge >= 0.3 is 5.97 Å². The van der Waals surface area contributed by atoms with Crippen molar-refractivity contribution in [2.45, 2.75) is 12.8 Å². The number of carbonyl (C=O) groups excluding carboxylic acids is 1. The molecule has 0 atom stereocenters. The fraction of sp³-hybridized carbons (Fsp3) is 0.143. The summed E-state index contributed by atoms with van der Waals surface area (Å²) in [5.41, 5.74) is 20.1. The minimum Gasteiger partial charge on any atom is -0.481 e. The van der Waals surface area contributed by atoms with Crippen molar-refractivity contribution in [3.8, 4) is 0 Å². The van der Waals surface area contributed by atoms with Crippen LogP contribution in [0.5, 0.6) is 0 Å². The summed E-state index contributed by atoms with van der Waals surface area (Å²) in [7, 11) is 0. The van der Waals surface area contributed by atoms with Crippen molar-refractivity contribution in [3.63, 3.8) is 0 Å². The summed E-state index contributed by atoms with van der Waals surface area (Å²) in [6.07, 6.45) is 3.60. The van der Waals surface area contributed by atoms with Crippen molar-refractivity contribution < 1.29 is 14.7 Å². The van der Waals surface area contributed by atoms with Gasteiger partial charge in [0.15, 0.2) is 5.78 Å². The number of aliphatic carboxylic acids is 1. The molecule has 1 N–H and O–H groups in total. The van der Waals surface area contributed by atoms with Gasteiger partial charge in [-0.2, -0.15) is 0 Å². The third-order valence-electron chi connectivity index (χ3n) is 4.65. The molecule has 0 saturated heterocycles. The molecule has 9 nitrogen and oxygen atoms in total. The van der Waals surface area contributed by atoms with Gasteiger partial charge in [-0.25, -0.2) is 0 Å². The molecule has 0 radical (unpaired) electrons. The van der Waals surface area contributed by atoms with Crippen LogP contribution in [0.3, 0.4) is 0 Å². The molecule has 1 aliphatic rings. The Balaban J connectivity index is 1.94. The van der Waals surface area contributed by atoms with Crippen LogP contribution in [0, 0.1) is 5.92 Å². The lowest BCUT2D eigenvalue weighted by Crippen LogP contribution is -2.25. The van der Waals surface area contributed by atoms with E-state index in [1.807, 2.05) is 0 Å². The van der Waals surface area contributed by atoms with Crippen LogP contribution < -0.4 is 0 Å². The van der Waals surface area contributed by atoms with Crippen LogP contribution in [0.1, 0.15) is 24.0 Å². The first-order chi connectivity index (χ1) is 14.5. The third-order valence-corrected chi connectivity index (χ3v) is 4.65. The second-order valence-corrected chi connectivity index (χ2v) is 6.67. The van der Waals surface area contributed by atoms with E-state index in [4.69, 9.17) is 11.1 Å². The number of carboxylic acids is 1. The van der Waals surface area contributed by atoms with Crippen LogP contribution >= 0.6 is 0 Å². The Hall–Kier alpha value is -4.32. The summed E-state index contributed by atoms with van der Waals surface area (Å²) in [6.45, 7) is 0. The van der Waals surface area contributed by atoms with Gasteiger partial charge in [0.1, 0.15) is 0 Å². The van der Waals surface area contributed by atoms with Crippen LogP contribution in [0.15, 0.2) is 69.9 Å². The lowest BCUT2D eigenvalue weighted by Gasteiger charge is -2.22. The molecular formula is C21H16N6O3. The van der Waals surface area contributed by atoms with Crippen LogP contribution in [-0.2, 0) is 9.59 Å². The lowest BCUT2D eigenvalue weighted by atomic mass is 9.80. The molecule has 9 heteroatoms. The lowest BCUT2D eigenvalue weighted by molar-refractivity contribution is -0.142. The topological polar surface area (TPSA) is 152 Å². The van der Waals surface area contributed by atoms with Crippen molar-refractivity contribution in [1.82, 2.24) is 0 Å². The third kappa shape index (κ3) is 4.94. The predicted octanol–water partition coefficient (Wildman–Crippen LogP) is 6.10. The summed E-state index contributed by atoms with van der Waals surface area (Å²) < 4.78 is 0. The van der Waals surface area contributed by atoms with Gasteiger partial charge < -0.3 is 5.11 Å². The highest BCUT2D eigenvalue weighted by atomic mass is 16.4. The number of allylic oxidation sites excluding steroid dienone is 2. The van der Waals surface area contributed by atoms with E-state index in [0.29, 0.717) is 33.6 Å². The summed E-state index contributed by atoms with van der Waals surface area (Å²) in [5, 5.41) is 16.5. The van der Waals surface area contributed by atoms with Gasteiger partial charge in [-0.15, -0.1) is 0 Å². The molecule has 1 fully saturated rings. The van der Waals surface area contributed by atoms with E-state index in [-0.39, 0.29) is 18.6 Å². The van der Waals surface area contributed by atoms with Gasteiger partial charge in [0, 0.05) is 32.3 Å². The number of hydrogen-bond donors (Lipinski definition) is 1. The van der Waals surface area contributed by atoms with Gasteiger partial charge in [-0.3, -0.25) is 9.59 Å². The zero-order chi connectivity index (χ0) is 21.5. The Bertz CT molecular complexity index is 1050. The number of hydrogen-bond acceptors (Lipinski definition) is 4. The fourth-order valence-corrected chi connectivity index (χ4v) is 3.20. The van der Waals surface area contributed by atoms with Crippen molar-refractivity contribution in [3.05, 3.63) is 91.7 Å². The highest BCUT2D eigenvalue weighted by molar-refractivity contribution is 6.14. The number of azide groups is 2. The fourth-order valence-electron chi connectivity index (χ4n) is 3.20. The molecule has 0 amide bonds. The van der Waals surface area contributed by atoms with Gasteiger partial charge in [0.05, 0.1) is 5.92 Å². The Kier molecular flexibility index (Phi) is 6.29. The summed E-state index contributed by atoms with van der Waals surface area (Å²) in [5.74, 6) is -1.87. The molecule has 2 aromatic carbocycles. The SMILES string of the molecule is [N-]=[N+]=Nc1ccc(C=C2CC(C(=O)O)CC(=Cc3ccc(N=[N+]=[N-])cc3)C2=O)cc1. The highest BCUT2D eigenvalue weighted by Gasteiger charge is 2.31. The normalized spacial score (nSPS) is 18.5. The van der Waals surface area contributed by atoms with Gasteiger partial charge in [-0.1, -0.05) is 58.8 Å². The number of carbonyl (C=O) groups is 2. The number of benzene rings is 2. The average molecular weight is 400 g/mol. The molecule has 0 aliphatic heterocycles. The van der Waals surface area contributed by atoms with Crippen molar-refractivity contribution >= 4 is 35.3 Å². The molecule has 1 saturated carbocycles. The molecule has 148 valence electrons. The summed E-state index contributed by atoms with van der Waals surface area (Å²) >= 11 is 0. The summed E-state index contributed by atoms with van der Waals surface area (Å²) in [6, 6.07) is 13.3. The van der Waals surface area contributed by atoms with E-state index in [1.54, 1.807) is 60.7 Å². The van der Waals surface area contributed by atoms with Crippen molar-refractivity contribution in [2.24, 2.45) is 16.1 Å². The van der Waals surface area contributed by atoms with E-state index in [1.165, 1.54) is 0 Å². The maximum absolute atomic E-state index is 13.0. The minimum absolute atomic E-state index is 0.138. The quantitative estimate of drug-likeness (QED) is 0.279. The number of Topliss-reactive ketones (excluding diaryl/α,β-unsaturated/α-hetero) is 1. The van der Waals surface area contributed by atoms with Crippen molar-refractivity contribution in [1.29, 1.82) is 0 Å². The number of ketones is 1. The molecule has 0 heterocycles. The van der Waals surface area contributed by atoms with E-state index in [0.717, 1.165) is 0 Å². The van der Waals surface area contributed by atoms with Gasteiger partial charge in [0.2, 0.25) is 0 Å². The summed E-state index contributed by atoms with van der Waals surface area (Å²) in [4.78, 5) is 30.0. The van der Waals surface area contributed by atoms with E-state index < -0.39 is 11.9 Å². The first-order valence-corrected chi connectivity index (χ1v) is 8.99. The first kappa shape index (κ1) is 20.4. The average Bonchev–Trinajstić information content (AvgIpc) is 2.74. The Morgan fingerprint density at radius 1 is 0.867 bits per heavy atom. The maximum atomic E-state index is 13.0.